The first-order chi connectivity index (χ1) is 8.62. The number of rotatable bonds is 4. The molecule has 0 aliphatic heterocycles. The molecule has 0 saturated carbocycles. The number of hydrogen-bond donors (Lipinski definition) is 0. The lowest BCUT2D eigenvalue weighted by Crippen LogP contribution is -2.42. The second-order valence-corrected chi connectivity index (χ2v) is 11.2. The van der Waals surface area contributed by atoms with E-state index in [0.717, 1.165) is 0 Å². The van der Waals surface area contributed by atoms with E-state index < -0.39 is 8.32 Å². The first-order valence-corrected chi connectivity index (χ1v) is 9.51. The molecule has 0 saturated heterocycles. The van der Waals surface area contributed by atoms with Gasteiger partial charge in [0, 0.05) is 5.02 Å². The molecule has 19 heavy (non-hydrogen) atoms. The third kappa shape index (κ3) is 4.97. The van der Waals surface area contributed by atoms with Crippen LogP contribution in [-0.2, 0) is 9.22 Å². The van der Waals surface area contributed by atoms with Crippen LogP contribution in [-0.4, -0.2) is 20.9 Å². The fraction of sp³-hybridized carbons (Fsp3) is 0.500. The van der Waals surface area contributed by atoms with Crippen LogP contribution in [0.1, 0.15) is 20.8 Å². The predicted octanol–water partition coefficient (Wildman–Crippen LogP) is 4.27. The Morgan fingerprint density at radius 2 is 1.74 bits per heavy atom. The maximum atomic E-state index is 11.7. The van der Waals surface area contributed by atoms with Gasteiger partial charge in [0.1, 0.15) is 12.4 Å². The molecule has 0 amide bonds. The van der Waals surface area contributed by atoms with Crippen molar-refractivity contribution in [2.75, 3.05) is 6.61 Å². The van der Waals surface area contributed by atoms with Crippen molar-refractivity contribution >= 4 is 25.9 Å². The monoisotopic (exact) mass is 300 g/mol. The van der Waals surface area contributed by atoms with E-state index in [9.17, 15) is 4.79 Å². The molecule has 0 N–H and O–H groups in total. The first-order valence-electron chi connectivity index (χ1n) is 6.22. The largest absolute Gasteiger partial charge is 0.425 e. The number of esters is 1. The Balaban J connectivity index is 2.51. The van der Waals surface area contributed by atoms with Crippen molar-refractivity contribution in [2.24, 2.45) is 0 Å². The summed E-state index contributed by atoms with van der Waals surface area (Å²) in [4.78, 5) is 11.7. The van der Waals surface area contributed by atoms with Crippen LogP contribution in [0.25, 0.3) is 0 Å². The smallest absolute Gasteiger partial charge is 0.336 e. The van der Waals surface area contributed by atoms with E-state index in [-0.39, 0.29) is 17.6 Å². The van der Waals surface area contributed by atoms with E-state index >= 15 is 0 Å². The van der Waals surface area contributed by atoms with Crippen LogP contribution in [0.15, 0.2) is 24.3 Å². The van der Waals surface area contributed by atoms with Crippen LogP contribution in [0.4, 0.5) is 0 Å². The molecule has 0 radical (unpaired) electrons. The van der Waals surface area contributed by atoms with Gasteiger partial charge in [-0.1, -0.05) is 32.4 Å². The Bertz CT molecular complexity index is 435. The van der Waals surface area contributed by atoms with Crippen molar-refractivity contribution in [2.45, 2.75) is 38.9 Å². The summed E-state index contributed by atoms with van der Waals surface area (Å²) in [5.74, 6) is 0.0976. The average molecular weight is 301 g/mol. The summed E-state index contributed by atoms with van der Waals surface area (Å²) >= 11 is 5.76. The molecule has 0 aliphatic rings. The number of benzene rings is 1. The van der Waals surface area contributed by atoms with Crippen LogP contribution < -0.4 is 4.74 Å². The van der Waals surface area contributed by atoms with E-state index in [4.69, 9.17) is 20.8 Å². The normalized spacial score (nSPS) is 12.3. The Kier molecular flexibility index (Phi) is 5.18. The van der Waals surface area contributed by atoms with Crippen LogP contribution in [0.3, 0.4) is 0 Å². The van der Waals surface area contributed by atoms with Crippen molar-refractivity contribution in [1.82, 2.24) is 0 Å². The summed E-state index contributed by atoms with van der Waals surface area (Å²) in [5.41, 5.74) is 0. The van der Waals surface area contributed by atoms with Gasteiger partial charge in [-0.15, -0.1) is 0 Å². The molecule has 0 aromatic heterocycles. The highest BCUT2D eigenvalue weighted by atomic mass is 35.5. The second-order valence-electron chi connectivity index (χ2n) is 5.98. The predicted molar refractivity (Wildman–Crippen MR) is 80.2 cm³/mol. The summed E-state index contributed by atoms with van der Waals surface area (Å²) in [6, 6.07) is 6.68. The van der Waals surface area contributed by atoms with Crippen LogP contribution in [0, 0.1) is 0 Å². The molecule has 0 aliphatic carbocycles. The quantitative estimate of drug-likeness (QED) is 0.473. The van der Waals surface area contributed by atoms with Crippen molar-refractivity contribution in [1.29, 1.82) is 0 Å². The van der Waals surface area contributed by atoms with E-state index in [1.165, 1.54) is 0 Å². The SMILES string of the molecule is CC(C)(C)[Si](C)(C)OCC(=O)Oc1ccc(Cl)cc1. The van der Waals surface area contributed by atoms with Crippen LogP contribution in [0.2, 0.25) is 23.2 Å². The van der Waals surface area contributed by atoms with Crippen molar-refractivity contribution in [3.8, 4) is 5.75 Å². The lowest BCUT2D eigenvalue weighted by atomic mass is 10.2. The Morgan fingerprint density at radius 3 is 2.21 bits per heavy atom. The van der Waals surface area contributed by atoms with Gasteiger partial charge in [-0.2, -0.15) is 0 Å². The lowest BCUT2D eigenvalue weighted by molar-refractivity contribution is -0.136. The number of carbonyl (C=O) groups is 1. The number of hydrogen-bond acceptors (Lipinski definition) is 3. The van der Waals surface area contributed by atoms with Gasteiger partial charge in [0.05, 0.1) is 0 Å². The minimum absolute atomic E-state index is 0.0148. The Morgan fingerprint density at radius 1 is 1.21 bits per heavy atom. The minimum atomic E-state index is -1.92. The molecule has 0 heterocycles. The first kappa shape index (κ1) is 16.2. The van der Waals surface area contributed by atoms with Gasteiger partial charge in [-0.05, 0) is 42.4 Å². The molecule has 0 fully saturated rings. The molecule has 0 atom stereocenters. The molecule has 3 nitrogen and oxygen atoms in total. The highest BCUT2D eigenvalue weighted by Gasteiger charge is 2.37. The fourth-order valence-corrected chi connectivity index (χ4v) is 2.16. The summed E-state index contributed by atoms with van der Waals surface area (Å²) < 4.78 is 11.0. The van der Waals surface area contributed by atoms with Gasteiger partial charge < -0.3 is 9.16 Å². The fourth-order valence-electron chi connectivity index (χ4n) is 1.12. The van der Waals surface area contributed by atoms with Crippen molar-refractivity contribution < 1.29 is 14.0 Å². The molecule has 1 rings (SSSR count). The number of carbonyl (C=O) groups excluding carboxylic acids is 1. The minimum Gasteiger partial charge on any atom is -0.425 e. The molecule has 0 bridgehead atoms. The van der Waals surface area contributed by atoms with Gasteiger partial charge in [0.2, 0.25) is 0 Å². The Hall–Kier alpha value is -0.843. The molecule has 5 heteroatoms. The maximum Gasteiger partial charge on any atom is 0.336 e. The highest BCUT2D eigenvalue weighted by Crippen LogP contribution is 2.36. The zero-order chi connectivity index (χ0) is 14.7. The molecular weight excluding hydrogens is 280 g/mol. The molecule has 0 unspecified atom stereocenters. The van der Waals surface area contributed by atoms with E-state index in [0.29, 0.717) is 10.8 Å². The second kappa shape index (κ2) is 6.07. The molecular formula is C14H21ClO3Si. The topological polar surface area (TPSA) is 35.5 Å². The number of ether oxygens (including phenoxy) is 1. The number of halogens is 1. The van der Waals surface area contributed by atoms with E-state index in [1.807, 2.05) is 0 Å². The van der Waals surface area contributed by atoms with Gasteiger partial charge in [-0.25, -0.2) is 4.79 Å². The van der Waals surface area contributed by atoms with Crippen molar-refractivity contribution in [3.05, 3.63) is 29.3 Å². The van der Waals surface area contributed by atoms with Gasteiger partial charge in [0.25, 0.3) is 0 Å². The highest BCUT2D eigenvalue weighted by molar-refractivity contribution is 6.74. The summed E-state index contributed by atoms with van der Waals surface area (Å²) in [6.07, 6.45) is 0. The zero-order valence-electron chi connectivity index (χ0n) is 12.1. The molecule has 106 valence electrons. The zero-order valence-corrected chi connectivity index (χ0v) is 13.9. The Labute approximate surface area is 121 Å². The summed E-state index contributed by atoms with van der Waals surface area (Å²) in [7, 11) is -1.92. The van der Waals surface area contributed by atoms with Gasteiger partial charge in [0.15, 0.2) is 8.32 Å². The third-order valence-corrected chi connectivity index (χ3v) is 8.13. The third-order valence-electron chi connectivity index (χ3n) is 3.40. The van der Waals surface area contributed by atoms with E-state index in [1.54, 1.807) is 24.3 Å². The van der Waals surface area contributed by atoms with Gasteiger partial charge in [-0.3, -0.25) is 0 Å². The van der Waals surface area contributed by atoms with Crippen molar-refractivity contribution in [3.63, 3.8) is 0 Å². The standard InChI is InChI=1S/C14H21ClO3Si/c1-14(2,3)19(4,5)17-10-13(16)18-12-8-6-11(15)7-9-12/h6-9H,10H2,1-5H3. The molecule has 1 aromatic rings. The molecule has 1 aromatic carbocycles. The molecule has 0 spiro atoms. The van der Waals surface area contributed by atoms with Crippen LogP contribution in [0.5, 0.6) is 5.75 Å². The van der Waals surface area contributed by atoms with E-state index in [2.05, 4.69) is 33.9 Å². The van der Waals surface area contributed by atoms with Gasteiger partial charge >= 0.3 is 5.97 Å². The maximum absolute atomic E-state index is 11.7. The average Bonchev–Trinajstić information content (AvgIpc) is 2.28. The lowest BCUT2D eigenvalue weighted by Gasteiger charge is -2.35. The summed E-state index contributed by atoms with van der Waals surface area (Å²) in [6.45, 7) is 10.6. The summed E-state index contributed by atoms with van der Waals surface area (Å²) in [5, 5.41) is 0.686. The van der Waals surface area contributed by atoms with Crippen LogP contribution >= 0.6 is 11.6 Å².